The number of halogens is 2. The van der Waals surface area contributed by atoms with Crippen molar-refractivity contribution in [1.82, 2.24) is 0 Å². The predicted molar refractivity (Wildman–Crippen MR) is 96.6 cm³/mol. The van der Waals surface area contributed by atoms with Gasteiger partial charge in [-0.3, -0.25) is 0 Å². The summed E-state index contributed by atoms with van der Waals surface area (Å²) in [6.45, 7) is 0.414. The van der Waals surface area contributed by atoms with Gasteiger partial charge in [-0.1, -0.05) is 0 Å². The molecule has 0 radical (unpaired) electrons. The van der Waals surface area contributed by atoms with Gasteiger partial charge < -0.3 is 29.2 Å². The van der Waals surface area contributed by atoms with Gasteiger partial charge in [-0.15, -0.1) is 0 Å². The molecule has 0 aliphatic rings. The van der Waals surface area contributed by atoms with Gasteiger partial charge in [0.05, 0.1) is 8.95 Å². The predicted octanol–water partition coefficient (Wildman–Crippen LogP) is 4.27. The molecular weight excluding hydrogens is 448 g/mol. The van der Waals surface area contributed by atoms with Crippen LogP contribution >= 0.6 is 31.9 Å². The number of ether oxygens (including phenoxy) is 4. The number of methoxy groups -OCH3 is 2. The number of benzene rings is 2. The van der Waals surface area contributed by atoms with Crippen LogP contribution in [-0.4, -0.2) is 38.0 Å². The third-order valence-electron chi connectivity index (χ3n) is 2.51. The van der Waals surface area contributed by atoms with E-state index in [1.54, 1.807) is 26.4 Å². The summed E-state index contributed by atoms with van der Waals surface area (Å²) in [5, 5.41) is 17.6. The first-order valence-corrected chi connectivity index (χ1v) is 8.27. The average Bonchev–Trinajstić information content (AvgIpc) is 2.57. The van der Waals surface area contributed by atoms with Crippen molar-refractivity contribution in [2.75, 3.05) is 27.8 Å². The molecule has 0 atom stereocenters. The summed E-state index contributed by atoms with van der Waals surface area (Å²) in [5.41, 5.74) is 0. The van der Waals surface area contributed by atoms with E-state index < -0.39 is 0 Å². The van der Waals surface area contributed by atoms with Crippen LogP contribution in [-0.2, 0) is 9.47 Å². The van der Waals surface area contributed by atoms with Crippen molar-refractivity contribution in [3.05, 3.63) is 45.3 Å². The molecule has 0 heterocycles. The number of phenols is 2. The zero-order chi connectivity index (χ0) is 17.9. The Labute approximate surface area is 157 Å². The van der Waals surface area contributed by atoms with Gasteiger partial charge in [0, 0.05) is 26.4 Å². The van der Waals surface area contributed by atoms with Gasteiger partial charge in [-0.25, -0.2) is 0 Å². The molecule has 0 spiro atoms. The lowest BCUT2D eigenvalue weighted by atomic mass is 10.3. The Morgan fingerprint density at radius 3 is 2.04 bits per heavy atom. The number of hydrogen-bond donors (Lipinski definition) is 2. The Bertz CT molecular complexity index is 636. The summed E-state index contributed by atoms with van der Waals surface area (Å²) in [6.07, 6.45) is 0. The molecule has 2 N–H and O–H groups in total. The maximum absolute atomic E-state index is 8.89. The molecule has 132 valence electrons. The molecular formula is C16H18Br2O6. The molecule has 0 unspecified atom stereocenters. The monoisotopic (exact) mass is 464 g/mol. The van der Waals surface area contributed by atoms with Crippen LogP contribution in [0, 0.1) is 0 Å². The molecule has 0 aliphatic carbocycles. The van der Waals surface area contributed by atoms with Gasteiger partial charge in [0.2, 0.25) is 0 Å². The first-order chi connectivity index (χ1) is 11.5. The number of aromatic hydroxyl groups is 2. The fraction of sp³-hybridized carbons (Fsp3) is 0.250. The second-order valence-electron chi connectivity index (χ2n) is 4.33. The molecule has 2 aromatic carbocycles. The third kappa shape index (κ3) is 7.39. The standard InChI is InChI=1S/C10H13BrO4.C6H5BrO2/c1-12-6-14-8-3-4-9(11)10(5-8)15-7-13-2;7-5-2-1-4(8)3-6(5)9/h3-5H,6-7H2,1-2H3;1-3,8-9H. The minimum atomic E-state index is 0.0509. The Kier molecular flexibility index (Phi) is 9.55. The minimum Gasteiger partial charge on any atom is -0.508 e. The van der Waals surface area contributed by atoms with Crippen molar-refractivity contribution in [3.63, 3.8) is 0 Å². The van der Waals surface area contributed by atoms with Crippen LogP contribution in [0.3, 0.4) is 0 Å². The molecule has 6 nitrogen and oxygen atoms in total. The second kappa shape index (κ2) is 11.1. The minimum absolute atomic E-state index is 0.0509. The second-order valence-corrected chi connectivity index (χ2v) is 6.04. The van der Waals surface area contributed by atoms with Crippen LogP contribution in [0.4, 0.5) is 0 Å². The molecule has 0 aromatic heterocycles. The molecule has 2 rings (SSSR count). The molecule has 0 aliphatic heterocycles. The number of phenolic OH excluding ortho intramolecular Hbond substituents is 2. The van der Waals surface area contributed by atoms with Crippen molar-refractivity contribution in [2.24, 2.45) is 0 Å². The van der Waals surface area contributed by atoms with Crippen LogP contribution in [0.5, 0.6) is 23.0 Å². The smallest absolute Gasteiger partial charge is 0.188 e. The zero-order valence-electron chi connectivity index (χ0n) is 13.2. The summed E-state index contributed by atoms with van der Waals surface area (Å²) in [5.74, 6) is 1.47. The van der Waals surface area contributed by atoms with Gasteiger partial charge >= 0.3 is 0 Å². The van der Waals surface area contributed by atoms with E-state index in [1.165, 1.54) is 12.1 Å². The van der Waals surface area contributed by atoms with E-state index in [9.17, 15) is 0 Å². The van der Waals surface area contributed by atoms with E-state index in [1.807, 2.05) is 12.1 Å². The third-order valence-corrected chi connectivity index (χ3v) is 3.83. The Balaban J connectivity index is 0.000000272. The van der Waals surface area contributed by atoms with E-state index in [2.05, 4.69) is 31.9 Å². The van der Waals surface area contributed by atoms with Crippen molar-refractivity contribution in [1.29, 1.82) is 0 Å². The van der Waals surface area contributed by atoms with Crippen molar-refractivity contribution >= 4 is 31.9 Å². The van der Waals surface area contributed by atoms with E-state index in [-0.39, 0.29) is 25.1 Å². The largest absolute Gasteiger partial charge is 0.508 e. The van der Waals surface area contributed by atoms with Crippen molar-refractivity contribution in [2.45, 2.75) is 0 Å². The Hall–Kier alpha value is -1.48. The van der Waals surface area contributed by atoms with Gasteiger partial charge in [-0.2, -0.15) is 0 Å². The van der Waals surface area contributed by atoms with Gasteiger partial charge in [-0.05, 0) is 56.1 Å². The van der Waals surface area contributed by atoms with Gasteiger partial charge in [0.15, 0.2) is 13.6 Å². The fourth-order valence-electron chi connectivity index (χ4n) is 1.43. The highest BCUT2D eigenvalue weighted by Crippen LogP contribution is 2.29. The Morgan fingerprint density at radius 2 is 1.46 bits per heavy atom. The highest BCUT2D eigenvalue weighted by molar-refractivity contribution is 9.10. The maximum Gasteiger partial charge on any atom is 0.188 e. The number of hydrogen-bond acceptors (Lipinski definition) is 6. The van der Waals surface area contributed by atoms with Crippen LogP contribution < -0.4 is 9.47 Å². The van der Waals surface area contributed by atoms with E-state index in [0.717, 1.165) is 4.47 Å². The SMILES string of the molecule is COCOc1ccc(Br)c(OCOC)c1.Oc1ccc(Br)c(O)c1. The highest BCUT2D eigenvalue weighted by atomic mass is 79.9. The highest BCUT2D eigenvalue weighted by Gasteiger charge is 2.03. The van der Waals surface area contributed by atoms with Crippen LogP contribution in [0.2, 0.25) is 0 Å². The van der Waals surface area contributed by atoms with Crippen LogP contribution in [0.25, 0.3) is 0 Å². The first kappa shape index (κ1) is 20.6. The molecule has 24 heavy (non-hydrogen) atoms. The van der Waals surface area contributed by atoms with E-state index >= 15 is 0 Å². The zero-order valence-corrected chi connectivity index (χ0v) is 16.3. The summed E-state index contributed by atoms with van der Waals surface area (Å²) < 4.78 is 21.6. The van der Waals surface area contributed by atoms with E-state index in [0.29, 0.717) is 16.0 Å². The average molecular weight is 466 g/mol. The van der Waals surface area contributed by atoms with Crippen molar-refractivity contribution < 1.29 is 29.2 Å². The van der Waals surface area contributed by atoms with Crippen LogP contribution in [0.15, 0.2) is 45.3 Å². The number of rotatable bonds is 6. The molecule has 0 saturated carbocycles. The Morgan fingerprint density at radius 1 is 0.833 bits per heavy atom. The lowest BCUT2D eigenvalue weighted by molar-refractivity contribution is 0.0457. The topological polar surface area (TPSA) is 77.4 Å². The lowest BCUT2D eigenvalue weighted by Gasteiger charge is -2.09. The van der Waals surface area contributed by atoms with Gasteiger partial charge in [0.1, 0.15) is 23.0 Å². The molecule has 0 bridgehead atoms. The normalized spacial score (nSPS) is 9.83. The molecule has 8 heteroatoms. The molecule has 0 amide bonds. The molecule has 2 aromatic rings. The summed E-state index contributed by atoms with van der Waals surface area (Å²) in [4.78, 5) is 0. The van der Waals surface area contributed by atoms with Crippen molar-refractivity contribution in [3.8, 4) is 23.0 Å². The lowest BCUT2D eigenvalue weighted by Crippen LogP contribution is -2.01. The summed E-state index contributed by atoms with van der Waals surface area (Å²) in [6, 6.07) is 9.76. The molecule has 0 fully saturated rings. The maximum atomic E-state index is 8.89. The summed E-state index contributed by atoms with van der Waals surface area (Å²) in [7, 11) is 3.14. The van der Waals surface area contributed by atoms with Crippen LogP contribution in [0.1, 0.15) is 0 Å². The van der Waals surface area contributed by atoms with Gasteiger partial charge in [0.25, 0.3) is 0 Å². The fourth-order valence-corrected chi connectivity index (χ4v) is 2.04. The summed E-state index contributed by atoms with van der Waals surface area (Å²) >= 11 is 6.43. The first-order valence-electron chi connectivity index (χ1n) is 6.68. The molecule has 0 saturated heterocycles. The van der Waals surface area contributed by atoms with E-state index in [4.69, 9.17) is 29.2 Å². The quantitative estimate of drug-likeness (QED) is 0.620.